The highest BCUT2D eigenvalue weighted by molar-refractivity contribution is 5.37. The van der Waals surface area contributed by atoms with Gasteiger partial charge in [0.1, 0.15) is 11.9 Å². The molecule has 2 aliphatic heterocycles. The van der Waals surface area contributed by atoms with Gasteiger partial charge >= 0.3 is 0 Å². The summed E-state index contributed by atoms with van der Waals surface area (Å²) in [7, 11) is 0. The van der Waals surface area contributed by atoms with Gasteiger partial charge in [-0.2, -0.15) is 0 Å². The van der Waals surface area contributed by atoms with E-state index in [2.05, 4.69) is 41.4 Å². The van der Waals surface area contributed by atoms with Crippen LogP contribution in [0.15, 0.2) is 24.3 Å². The second-order valence-electron chi connectivity index (χ2n) is 5.69. The van der Waals surface area contributed by atoms with E-state index in [0.717, 1.165) is 38.3 Å². The Labute approximate surface area is 115 Å². The molecule has 2 heterocycles. The Bertz CT molecular complexity index is 394. The SMILES string of the molecule is CCCC1CNCCN1CC1Cc2ccccc2O1. The van der Waals surface area contributed by atoms with Crippen LogP contribution < -0.4 is 10.1 Å². The molecule has 2 unspecified atom stereocenters. The summed E-state index contributed by atoms with van der Waals surface area (Å²) in [5.41, 5.74) is 1.37. The average molecular weight is 260 g/mol. The molecule has 2 atom stereocenters. The van der Waals surface area contributed by atoms with Crippen LogP contribution >= 0.6 is 0 Å². The van der Waals surface area contributed by atoms with Crippen LogP contribution in [0.2, 0.25) is 0 Å². The number of hydrogen-bond acceptors (Lipinski definition) is 3. The molecule has 1 N–H and O–H groups in total. The quantitative estimate of drug-likeness (QED) is 0.897. The summed E-state index contributed by atoms with van der Waals surface area (Å²) in [6.45, 7) is 6.74. The number of rotatable bonds is 4. The molecule has 0 spiro atoms. The number of fused-ring (bicyclic) bond motifs is 1. The molecule has 2 aliphatic rings. The van der Waals surface area contributed by atoms with Crippen LogP contribution in [0.25, 0.3) is 0 Å². The Morgan fingerprint density at radius 1 is 1.37 bits per heavy atom. The molecule has 1 fully saturated rings. The van der Waals surface area contributed by atoms with Crippen molar-refractivity contribution in [2.24, 2.45) is 0 Å². The standard InChI is InChI=1S/C16H24N2O/c1-2-5-14-11-17-8-9-18(14)12-15-10-13-6-3-4-7-16(13)19-15/h3-4,6-7,14-15,17H,2,5,8-12H2,1H3. The van der Waals surface area contributed by atoms with Gasteiger partial charge in [0, 0.05) is 38.6 Å². The molecular formula is C16H24N2O. The highest BCUT2D eigenvalue weighted by Crippen LogP contribution is 2.29. The molecule has 0 bridgehead atoms. The van der Waals surface area contributed by atoms with Gasteiger partial charge in [-0.1, -0.05) is 31.5 Å². The number of piperazine rings is 1. The topological polar surface area (TPSA) is 24.5 Å². The predicted molar refractivity (Wildman–Crippen MR) is 77.7 cm³/mol. The van der Waals surface area contributed by atoms with E-state index in [4.69, 9.17) is 4.74 Å². The first-order chi connectivity index (χ1) is 9.36. The van der Waals surface area contributed by atoms with Crippen molar-refractivity contribution in [2.75, 3.05) is 26.2 Å². The molecule has 0 aromatic heterocycles. The number of nitrogens with one attached hydrogen (secondary N) is 1. The molecule has 0 saturated carbocycles. The average Bonchev–Trinajstić information content (AvgIpc) is 2.83. The Morgan fingerprint density at radius 2 is 2.26 bits per heavy atom. The summed E-state index contributed by atoms with van der Waals surface area (Å²) in [5.74, 6) is 1.09. The van der Waals surface area contributed by atoms with Crippen molar-refractivity contribution in [1.29, 1.82) is 0 Å². The van der Waals surface area contributed by atoms with Gasteiger partial charge in [-0.05, 0) is 18.1 Å². The van der Waals surface area contributed by atoms with E-state index in [0.29, 0.717) is 12.1 Å². The molecule has 3 rings (SSSR count). The normalized spacial score (nSPS) is 27.0. The molecule has 1 aromatic rings. The summed E-state index contributed by atoms with van der Waals surface area (Å²) in [5, 5.41) is 3.51. The van der Waals surface area contributed by atoms with E-state index in [9.17, 15) is 0 Å². The van der Waals surface area contributed by atoms with Gasteiger partial charge in [0.25, 0.3) is 0 Å². The van der Waals surface area contributed by atoms with E-state index in [1.165, 1.54) is 18.4 Å². The minimum Gasteiger partial charge on any atom is -0.488 e. The van der Waals surface area contributed by atoms with Crippen molar-refractivity contribution in [1.82, 2.24) is 10.2 Å². The zero-order valence-electron chi connectivity index (χ0n) is 11.8. The van der Waals surface area contributed by atoms with Crippen LogP contribution in [0.1, 0.15) is 25.3 Å². The first-order valence-corrected chi connectivity index (χ1v) is 7.56. The van der Waals surface area contributed by atoms with E-state index in [1.807, 2.05) is 0 Å². The van der Waals surface area contributed by atoms with E-state index >= 15 is 0 Å². The molecule has 0 amide bonds. The largest absolute Gasteiger partial charge is 0.488 e. The van der Waals surface area contributed by atoms with Gasteiger partial charge in [-0.25, -0.2) is 0 Å². The van der Waals surface area contributed by atoms with Gasteiger partial charge in [0.2, 0.25) is 0 Å². The molecule has 3 heteroatoms. The van der Waals surface area contributed by atoms with Crippen LogP contribution in [-0.4, -0.2) is 43.2 Å². The zero-order chi connectivity index (χ0) is 13.1. The fourth-order valence-electron chi connectivity index (χ4n) is 3.28. The van der Waals surface area contributed by atoms with Crippen molar-refractivity contribution >= 4 is 0 Å². The van der Waals surface area contributed by atoms with E-state index < -0.39 is 0 Å². The Hall–Kier alpha value is -1.06. The van der Waals surface area contributed by atoms with Gasteiger partial charge < -0.3 is 10.1 Å². The van der Waals surface area contributed by atoms with Crippen LogP contribution in [0.3, 0.4) is 0 Å². The monoisotopic (exact) mass is 260 g/mol. The van der Waals surface area contributed by atoms with Crippen LogP contribution in [0.4, 0.5) is 0 Å². The van der Waals surface area contributed by atoms with Crippen molar-refractivity contribution in [3.63, 3.8) is 0 Å². The van der Waals surface area contributed by atoms with Crippen LogP contribution in [0, 0.1) is 0 Å². The molecule has 3 nitrogen and oxygen atoms in total. The second kappa shape index (κ2) is 5.93. The van der Waals surface area contributed by atoms with Gasteiger partial charge in [-0.15, -0.1) is 0 Å². The number of benzene rings is 1. The van der Waals surface area contributed by atoms with Gasteiger partial charge in [-0.3, -0.25) is 4.90 Å². The molecule has 19 heavy (non-hydrogen) atoms. The lowest BCUT2D eigenvalue weighted by Gasteiger charge is -2.37. The maximum absolute atomic E-state index is 6.07. The number of nitrogens with zero attached hydrogens (tertiary/aromatic N) is 1. The lowest BCUT2D eigenvalue weighted by molar-refractivity contribution is 0.0937. The van der Waals surface area contributed by atoms with Crippen LogP contribution in [-0.2, 0) is 6.42 Å². The fourth-order valence-corrected chi connectivity index (χ4v) is 3.28. The van der Waals surface area contributed by atoms with Gasteiger partial charge in [0.15, 0.2) is 0 Å². The van der Waals surface area contributed by atoms with E-state index in [1.54, 1.807) is 0 Å². The first-order valence-electron chi connectivity index (χ1n) is 7.56. The summed E-state index contributed by atoms with van der Waals surface area (Å²) >= 11 is 0. The Balaban J connectivity index is 1.60. The molecular weight excluding hydrogens is 236 g/mol. The molecule has 104 valence electrons. The summed E-state index contributed by atoms with van der Waals surface area (Å²) in [6.07, 6.45) is 3.95. The highest BCUT2D eigenvalue weighted by Gasteiger charge is 2.28. The third-order valence-electron chi connectivity index (χ3n) is 4.25. The summed E-state index contributed by atoms with van der Waals surface area (Å²) < 4.78 is 6.07. The Morgan fingerprint density at radius 3 is 3.11 bits per heavy atom. The summed E-state index contributed by atoms with van der Waals surface area (Å²) in [4.78, 5) is 2.62. The van der Waals surface area contributed by atoms with Crippen molar-refractivity contribution in [3.8, 4) is 5.75 Å². The van der Waals surface area contributed by atoms with Gasteiger partial charge in [0.05, 0.1) is 0 Å². The lowest BCUT2D eigenvalue weighted by Crippen LogP contribution is -2.53. The predicted octanol–water partition coefficient (Wildman–Crippen LogP) is 2.06. The lowest BCUT2D eigenvalue weighted by atomic mass is 10.1. The second-order valence-corrected chi connectivity index (χ2v) is 5.69. The van der Waals surface area contributed by atoms with E-state index in [-0.39, 0.29) is 0 Å². The minimum absolute atomic E-state index is 0.342. The first kappa shape index (κ1) is 12.9. The molecule has 0 aliphatic carbocycles. The maximum atomic E-state index is 6.07. The molecule has 1 aromatic carbocycles. The molecule has 0 radical (unpaired) electrons. The fraction of sp³-hybridized carbons (Fsp3) is 0.625. The number of ether oxygens (including phenoxy) is 1. The van der Waals surface area contributed by atoms with Crippen LogP contribution in [0.5, 0.6) is 5.75 Å². The highest BCUT2D eigenvalue weighted by atomic mass is 16.5. The summed E-state index contributed by atoms with van der Waals surface area (Å²) in [6, 6.07) is 9.14. The number of para-hydroxylation sites is 1. The van der Waals surface area contributed by atoms with Crippen molar-refractivity contribution in [3.05, 3.63) is 29.8 Å². The maximum Gasteiger partial charge on any atom is 0.123 e. The smallest absolute Gasteiger partial charge is 0.123 e. The number of hydrogen-bond donors (Lipinski definition) is 1. The Kier molecular flexibility index (Phi) is 4.04. The molecule has 1 saturated heterocycles. The van der Waals surface area contributed by atoms with Crippen molar-refractivity contribution in [2.45, 2.75) is 38.3 Å². The minimum atomic E-state index is 0.342. The third-order valence-corrected chi connectivity index (χ3v) is 4.25. The third kappa shape index (κ3) is 2.93. The zero-order valence-corrected chi connectivity index (χ0v) is 11.8. The van der Waals surface area contributed by atoms with Crippen molar-refractivity contribution < 1.29 is 4.74 Å².